The van der Waals surface area contributed by atoms with Gasteiger partial charge in [-0.1, -0.05) is 27.0 Å². The summed E-state index contributed by atoms with van der Waals surface area (Å²) in [5, 5.41) is 6.38. The van der Waals surface area contributed by atoms with Crippen molar-refractivity contribution in [3.05, 3.63) is 89.8 Å². The lowest BCUT2D eigenvalue weighted by molar-refractivity contribution is -0.140. The summed E-state index contributed by atoms with van der Waals surface area (Å²) in [5.74, 6) is -0.842. The minimum absolute atomic E-state index is 0. The largest absolute Gasteiger partial charge is 0.491 e. The van der Waals surface area contributed by atoms with E-state index in [-0.39, 0.29) is 91.2 Å². The molecule has 0 saturated heterocycles. The Bertz CT molecular complexity index is 2470. The number of halogens is 6. The number of hydrogen-bond acceptors (Lipinski definition) is 9. The third kappa shape index (κ3) is 7.83. The number of fused-ring (bicyclic) bond motifs is 2. The highest BCUT2D eigenvalue weighted by Gasteiger charge is 2.42. The minimum Gasteiger partial charge on any atom is -0.491 e. The molecule has 0 spiro atoms. The fraction of sp³-hybridized carbons (Fsp3) is 0.394. The first-order valence-corrected chi connectivity index (χ1v) is 18.2. The average Bonchev–Trinajstić information content (AvgIpc) is 3.03. The van der Waals surface area contributed by atoms with E-state index in [9.17, 15) is 57.6 Å². The van der Waals surface area contributed by atoms with Crippen molar-refractivity contribution in [1.82, 2.24) is 19.6 Å². The molecule has 290 valence electrons. The van der Waals surface area contributed by atoms with E-state index in [4.69, 9.17) is 4.74 Å². The second-order valence-corrected chi connectivity index (χ2v) is 15.8. The van der Waals surface area contributed by atoms with Crippen LogP contribution in [0.15, 0.2) is 60.8 Å². The Morgan fingerprint density at radius 1 is 0.717 bits per heavy atom. The molecule has 0 saturated carbocycles. The van der Waals surface area contributed by atoms with Crippen LogP contribution in [0.5, 0.6) is 5.75 Å². The molecule has 20 heteroatoms. The molecule has 6 rings (SSSR count). The van der Waals surface area contributed by atoms with Gasteiger partial charge in [-0.3, -0.25) is 19.1 Å². The Morgan fingerprint density at radius 3 is 1.60 bits per heavy atom. The number of aromatic nitrogens is 4. The Kier molecular flexibility index (Phi) is 12.0. The summed E-state index contributed by atoms with van der Waals surface area (Å²) < 4.78 is 136. The van der Waals surface area contributed by atoms with Crippen molar-refractivity contribution in [2.75, 3.05) is 18.6 Å². The lowest BCUT2D eigenvalue weighted by atomic mass is 9.94. The summed E-state index contributed by atoms with van der Waals surface area (Å²) in [6, 6.07) is 3.59. The number of hydrogen-bond donors (Lipinski definition) is 1. The van der Waals surface area contributed by atoms with Crippen LogP contribution in [0.4, 0.5) is 26.3 Å². The fourth-order valence-corrected chi connectivity index (χ4v) is 9.83. The first-order chi connectivity index (χ1) is 23.6. The van der Waals surface area contributed by atoms with Crippen molar-refractivity contribution in [3.8, 4) is 28.0 Å². The Hall–Kier alpha value is -4.72. The second-order valence-electron chi connectivity index (χ2n) is 11.7. The second kappa shape index (κ2) is 15.0. The number of sulfone groups is 2. The van der Waals surface area contributed by atoms with Gasteiger partial charge in [0, 0.05) is 20.3 Å². The van der Waals surface area contributed by atoms with Crippen molar-refractivity contribution in [2.24, 2.45) is 14.1 Å². The van der Waals surface area contributed by atoms with Gasteiger partial charge in [0.2, 0.25) is 0 Å². The Morgan fingerprint density at radius 2 is 1.17 bits per heavy atom. The van der Waals surface area contributed by atoms with E-state index in [1.54, 1.807) is 0 Å². The van der Waals surface area contributed by atoms with Crippen LogP contribution in [-0.2, 0) is 59.0 Å². The molecule has 0 aliphatic carbocycles. The average molecular weight is 795 g/mol. The maximum absolute atomic E-state index is 13.4. The Labute approximate surface area is 299 Å². The molecule has 53 heavy (non-hydrogen) atoms. The zero-order valence-corrected chi connectivity index (χ0v) is 28.5. The zero-order chi connectivity index (χ0) is 37.8. The van der Waals surface area contributed by atoms with Gasteiger partial charge in [-0.05, 0) is 60.1 Å². The normalized spacial score (nSPS) is 15.7. The van der Waals surface area contributed by atoms with Crippen molar-refractivity contribution >= 4 is 19.7 Å². The first-order valence-electron chi connectivity index (χ1n) is 14.9. The molecule has 0 atom stereocenters. The molecule has 0 unspecified atom stereocenters. The van der Waals surface area contributed by atoms with Crippen LogP contribution in [0.25, 0.3) is 22.3 Å². The minimum atomic E-state index is -4.84. The summed E-state index contributed by atoms with van der Waals surface area (Å²) in [4.78, 5) is 34.7. The van der Waals surface area contributed by atoms with Crippen molar-refractivity contribution in [2.45, 2.75) is 62.7 Å². The number of aryl methyl sites for hydroxylation is 2. The van der Waals surface area contributed by atoms with E-state index in [2.05, 4.69) is 10.2 Å². The van der Waals surface area contributed by atoms with Crippen LogP contribution in [0, 0.1) is 0 Å². The molecule has 4 heterocycles. The summed E-state index contributed by atoms with van der Waals surface area (Å²) in [6.45, 7) is 0. The van der Waals surface area contributed by atoms with Gasteiger partial charge in [-0.15, -0.1) is 0 Å². The zero-order valence-electron chi connectivity index (χ0n) is 26.9. The maximum atomic E-state index is 13.4. The number of benzene rings is 2. The number of ether oxygens (including phenoxy) is 1. The molecule has 0 bridgehead atoms. The quantitative estimate of drug-likeness (QED) is 0.223. The van der Waals surface area contributed by atoms with Crippen LogP contribution in [-0.4, -0.2) is 55.0 Å². The summed E-state index contributed by atoms with van der Waals surface area (Å²) in [7, 11) is -4.24. The lowest BCUT2D eigenvalue weighted by Crippen LogP contribution is -2.35. The van der Waals surface area contributed by atoms with Crippen LogP contribution in [0.1, 0.15) is 49.9 Å². The predicted octanol–water partition coefficient (Wildman–Crippen LogP) is 4.95. The van der Waals surface area contributed by atoms with Crippen LogP contribution in [0.2, 0.25) is 0 Å². The summed E-state index contributed by atoms with van der Waals surface area (Å²) in [6.07, 6.45) is -6.61. The standard InChI is InChI=1S/C16H15F3N2O4S.C15H13F3N2O4S.2CH4/c1-21-15(22)13(25-2)11(8-20-21)9-5-6-12(16(17,18)19)14-10(9)4-3-7-26(14,23)24;1-20-14(22)12(21)10(7-19-20)8-4-5-11(15(16,17)18)13-9(8)3-2-6-25(13,23)24;;/h5-6,8H,3-4,7H2,1-2H3;4-5,7,19H,2-3,6H2,1H3;2*1H4. The van der Waals surface area contributed by atoms with Crippen molar-refractivity contribution in [1.29, 1.82) is 0 Å². The number of rotatable bonds is 3. The van der Waals surface area contributed by atoms with Gasteiger partial charge < -0.3 is 9.84 Å². The molecule has 0 radical (unpaired) electrons. The lowest BCUT2D eigenvalue weighted by Gasteiger charge is -2.24. The fourth-order valence-electron chi connectivity index (χ4n) is 6.16. The molecule has 2 aliphatic heterocycles. The van der Waals surface area contributed by atoms with E-state index >= 15 is 0 Å². The predicted molar refractivity (Wildman–Crippen MR) is 183 cm³/mol. The third-order valence-corrected chi connectivity index (χ3v) is 12.3. The highest BCUT2D eigenvalue weighted by Crippen LogP contribution is 2.44. The van der Waals surface area contributed by atoms with E-state index < -0.39 is 69.5 Å². The summed E-state index contributed by atoms with van der Waals surface area (Å²) >= 11 is 0. The van der Waals surface area contributed by atoms with Crippen LogP contribution in [0.3, 0.4) is 0 Å². The summed E-state index contributed by atoms with van der Waals surface area (Å²) in [5.41, 5.74) is -4.57. The van der Waals surface area contributed by atoms with E-state index in [0.29, 0.717) is 6.07 Å². The number of nitrogens with one attached hydrogen (secondary N) is 1. The monoisotopic (exact) mass is 794 g/mol. The van der Waals surface area contributed by atoms with Crippen LogP contribution >= 0.6 is 0 Å². The number of aromatic amines is 1. The highest BCUT2D eigenvalue weighted by atomic mass is 32.2. The van der Waals surface area contributed by atoms with Gasteiger partial charge in [0.05, 0.1) is 56.9 Å². The van der Waals surface area contributed by atoms with Gasteiger partial charge in [0.1, 0.15) is 0 Å². The maximum Gasteiger partial charge on any atom is 0.417 e. The molecule has 2 aliphatic rings. The third-order valence-electron chi connectivity index (χ3n) is 8.46. The van der Waals surface area contributed by atoms with Gasteiger partial charge >= 0.3 is 23.5 Å². The van der Waals surface area contributed by atoms with E-state index in [0.717, 1.165) is 21.5 Å². The molecule has 0 fully saturated rings. The van der Waals surface area contributed by atoms with E-state index in [1.807, 2.05) is 0 Å². The van der Waals surface area contributed by atoms with Gasteiger partial charge in [-0.25, -0.2) is 21.5 Å². The number of alkyl halides is 6. The molecule has 2 aromatic carbocycles. The Balaban J connectivity index is 0.000000275. The molecule has 12 nitrogen and oxygen atoms in total. The highest BCUT2D eigenvalue weighted by molar-refractivity contribution is 7.91. The topological polar surface area (TPSA) is 167 Å². The molecule has 2 aromatic heterocycles. The number of methoxy groups -OCH3 is 1. The van der Waals surface area contributed by atoms with Gasteiger partial charge in [0.15, 0.2) is 25.4 Å². The number of H-pyrrole nitrogens is 1. The van der Waals surface area contributed by atoms with Gasteiger partial charge in [0.25, 0.3) is 5.43 Å². The molecular weight excluding hydrogens is 759 g/mol. The smallest absolute Gasteiger partial charge is 0.417 e. The van der Waals surface area contributed by atoms with Gasteiger partial charge in [-0.2, -0.15) is 31.4 Å². The molecule has 4 aromatic rings. The first kappa shape index (κ1) is 42.7. The van der Waals surface area contributed by atoms with Crippen molar-refractivity contribution in [3.63, 3.8) is 0 Å². The van der Waals surface area contributed by atoms with Crippen LogP contribution < -0.4 is 21.3 Å². The van der Waals surface area contributed by atoms with Crippen molar-refractivity contribution < 1.29 is 47.9 Å². The molecular formula is C33H36F6N4O8S2. The van der Waals surface area contributed by atoms with E-state index in [1.165, 1.54) is 39.7 Å². The number of nitrogens with zero attached hydrogens (tertiary/aromatic N) is 3. The molecule has 1 N–H and O–H groups in total. The molecule has 0 amide bonds. The SMILES string of the molecule is C.C.COc1c(-c2ccc(C(F)(F)F)c3c2CCCS3(=O)=O)cnn(C)c1=O.Cn1[nH]cc(-c2ccc(C(F)(F)F)c3c2CCCS3(=O)=O)c(=O)c1=O.